The molecule has 0 fully saturated rings. The molecule has 0 aromatic heterocycles. The number of fused-ring (bicyclic) bond motifs is 1. The van der Waals surface area contributed by atoms with E-state index >= 15 is 0 Å². The van der Waals surface area contributed by atoms with Crippen molar-refractivity contribution in [3.8, 4) is 0 Å². The van der Waals surface area contributed by atoms with Crippen LogP contribution in [-0.4, -0.2) is 16.8 Å². The first-order valence-electron chi connectivity index (χ1n) is 11.4. The minimum atomic E-state index is -1.92. The van der Waals surface area contributed by atoms with E-state index < -0.39 is 11.5 Å². The average molecular weight is 476 g/mol. The molecule has 3 aromatic rings. The fourth-order valence-electron chi connectivity index (χ4n) is 4.81. The van der Waals surface area contributed by atoms with Gasteiger partial charge in [-0.2, -0.15) is 0 Å². The van der Waals surface area contributed by atoms with Crippen molar-refractivity contribution in [2.24, 2.45) is 0 Å². The van der Waals surface area contributed by atoms with Gasteiger partial charge in [0.1, 0.15) is 0 Å². The normalized spacial score (nSPS) is 17.7. The molecule has 1 unspecified atom stereocenters. The molecule has 0 saturated carbocycles. The molecule has 1 atom stereocenters. The molecule has 0 aliphatic carbocycles. The van der Waals surface area contributed by atoms with Gasteiger partial charge in [-0.05, 0) is 59.7 Å². The summed E-state index contributed by atoms with van der Waals surface area (Å²) in [6, 6.07) is 18.5. The van der Waals surface area contributed by atoms with Crippen LogP contribution in [0.1, 0.15) is 65.4 Å². The van der Waals surface area contributed by atoms with Crippen molar-refractivity contribution >= 4 is 29.0 Å². The van der Waals surface area contributed by atoms with Gasteiger partial charge in [-0.1, -0.05) is 74.8 Å². The lowest BCUT2D eigenvalue weighted by Crippen LogP contribution is -2.41. The molecule has 0 spiro atoms. The van der Waals surface area contributed by atoms with Crippen LogP contribution < -0.4 is 4.90 Å². The van der Waals surface area contributed by atoms with Gasteiger partial charge >= 0.3 is 0 Å². The summed E-state index contributed by atoms with van der Waals surface area (Å²) in [6.45, 7) is 10.5. The first-order chi connectivity index (χ1) is 15.9. The quantitative estimate of drug-likeness (QED) is 0.443. The van der Waals surface area contributed by atoms with Gasteiger partial charge < -0.3 is 10.0 Å². The lowest BCUT2D eigenvalue weighted by Gasteiger charge is -2.25. The zero-order chi connectivity index (χ0) is 24.8. The van der Waals surface area contributed by atoms with Gasteiger partial charge in [-0.3, -0.25) is 9.59 Å². The molecule has 34 heavy (non-hydrogen) atoms. The van der Waals surface area contributed by atoms with Crippen LogP contribution in [0.15, 0.2) is 60.7 Å². The highest BCUT2D eigenvalue weighted by Gasteiger charge is 2.51. The third kappa shape index (κ3) is 4.28. The maximum Gasteiger partial charge on any atom is 0.264 e. The van der Waals surface area contributed by atoms with Crippen LogP contribution in [0, 0.1) is 13.8 Å². The lowest BCUT2D eigenvalue weighted by molar-refractivity contribution is -0.136. The number of benzene rings is 3. The largest absolute Gasteiger partial charge is 0.375 e. The third-order valence-electron chi connectivity index (χ3n) is 6.56. The monoisotopic (exact) mass is 475 g/mol. The van der Waals surface area contributed by atoms with Gasteiger partial charge in [0.15, 0.2) is 11.4 Å². The molecule has 3 aromatic carbocycles. The summed E-state index contributed by atoms with van der Waals surface area (Å²) in [5, 5.41) is 12.3. The molecule has 1 aliphatic heterocycles. The number of nitrogens with zero attached hydrogens (tertiary/aromatic N) is 1. The van der Waals surface area contributed by atoms with Gasteiger partial charge in [-0.15, -0.1) is 0 Å². The van der Waals surface area contributed by atoms with E-state index in [1.165, 1.54) is 4.90 Å². The van der Waals surface area contributed by atoms with Crippen LogP contribution in [-0.2, 0) is 22.4 Å². The zero-order valence-corrected chi connectivity index (χ0v) is 21.0. The van der Waals surface area contributed by atoms with Crippen molar-refractivity contribution < 1.29 is 14.7 Å². The smallest absolute Gasteiger partial charge is 0.264 e. The van der Waals surface area contributed by atoms with Crippen LogP contribution in [0.5, 0.6) is 0 Å². The van der Waals surface area contributed by atoms with E-state index in [0.717, 1.165) is 22.3 Å². The number of ketones is 1. The Morgan fingerprint density at radius 2 is 1.65 bits per heavy atom. The van der Waals surface area contributed by atoms with Gasteiger partial charge in [-0.25, -0.2) is 0 Å². The van der Waals surface area contributed by atoms with Gasteiger partial charge in [0, 0.05) is 16.1 Å². The molecule has 1 heterocycles. The number of anilines is 1. The molecule has 176 valence electrons. The summed E-state index contributed by atoms with van der Waals surface area (Å²) in [4.78, 5) is 28.7. The Bertz CT molecular complexity index is 1270. The number of carbonyl (C=O) groups excluding carboxylic acids is 2. The Morgan fingerprint density at radius 1 is 1.00 bits per heavy atom. The fraction of sp³-hybridized carbons (Fsp3) is 0.310. The topological polar surface area (TPSA) is 57.6 Å². The highest BCUT2D eigenvalue weighted by molar-refractivity contribution is 6.30. The number of para-hydroxylation sites is 1. The van der Waals surface area contributed by atoms with E-state index in [-0.39, 0.29) is 24.2 Å². The molecule has 4 nitrogen and oxygen atoms in total. The highest BCUT2D eigenvalue weighted by Crippen LogP contribution is 2.44. The van der Waals surface area contributed by atoms with Crippen molar-refractivity contribution in [3.05, 3.63) is 99.1 Å². The van der Waals surface area contributed by atoms with Gasteiger partial charge in [0.2, 0.25) is 0 Å². The summed E-state index contributed by atoms with van der Waals surface area (Å²) in [7, 11) is 0. The number of aryl methyl sites for hydroxylation is 2. The van der Waals surface area contributed by atoms with Crippen LogP contribution in [0.2, 0.25) is 5.02 Å². The van der Waals surface area contributed by atoms with Gasteiger partial charge in [0.25, 0.3) is 5.91 Å². The standard InChI is InChI=1S/C29H30ClNO3/c1-18-13-21(28(3,4)5)14-19(2)26(18)25(32)16-29(34)23-11-6-7-12-24(23)31(27(29)33)17-20-9-8-10-22(30)15-20/h6-15,34H,16-17H2,1-5H3. The van der Waals surface area contributed by atoms with Crippen LogP contribution >= 0.6 is 11.6 Å². The van der Waals surface area contributed by atoms with Crippen molar-refractivity contribution in [2.75, 3.05) is 4.90 Å². The number of halogens is 1. The number of amides is 1. The molecular weight excluding hydrogens is 446 g/mol. The van der Waals surface area contributed by atoms with Crippen LogP contribution in [0.25, 0.3) is 0 Å². The predicted molar refractivity (Wildman–Crippen MR) is 137 cm³/mol. The second kappa shape index (κ2) is 8.68. The second-order valence-corrected chi connectivity index (χ2v) is 10.7. The Labute approximate surface area is 206 Å². The summed E-state index contributed by atoms with van der Waals surface area (Å²) in [5.41, 5.74) is 3.37. The van der Waals surface area contributed by atoms with Crippen molar-refractivity contribution in [2.45, 2.75) is 58.6 Å². The molecule has 4 rings (SSSR count). The highest BCUT2D eigenvalue weighted by atomic mass is 35.5. The number of rotatable bonds is 5. The zero-order valence-electron chi connectivity index (χ0n) is 20.3. The fourth-order valence-corrected chi connectivity index (χ4v) is 5.02. The van der Waals surface area contributed by atoms with E-state index in [4.69, 9.17) is 11.6 Å². The first-order valence-corrected chi connectivity index (χ1v) is 11.8. The third-order valence-corrected chi connectivity index (χ3v) is 6.80. The Morgan fingerprint density at radius 3 is 2.26 bits per heavy atom. The molecular formula is C29H30ClNO3. The molecule has 1 amide bonds. The molecule has 1 N–H and O–H groups in total. The molecule has 0 saturated heterocycles. The van der Waals surface area contributed by atoms with E-state index in [1.54, 1.807) is 30.3 Å². The number of aliphatic hydroxyl groups is 1. The van der Waals surface area contributed by atoms with Crippen LogP contribution in [0.4, 0.5) is 5.69 Å². The maximum absolute atomic E-state index is 13.6. The molecule has 0 bridgehead atoms. The number of hydrogen-bond acceptors (Lipinski definition) is 3. The van der Waals surface area contributed by atoms with Crippen molar-refractivity contribution in [1.82, 2.24) is 0 Å². The van der Waals surface area contributed by atoms with Crippen LogP contribution in [0.3, 0.4) is 0 Å². The number of Topliss-reactive ketones (excluding diaryl/α,β-unsaturated/α-hetero) is 1. The SMILES string of the molecule is Cc1cc(C(C)(C)C)cc(C)c1C(=O)CC1(O)C(=O)N(Cc2cccc(Cl)c2)c2ccccc21. The minimum Gasteiger partial charge on any atom is -0.375 e. The Hall–Kier alpha value is -2.95. The predicted octanol–water partition coefficient (Wildman–Crippen LogP) is 6.26. The molecule has 5 heteroatoms. The van der Waals surface area contributed by atoms with Gasteiger partial charge in [0.05, 0.1) is 18.7 Å². The Kier molecular flexibility index (Phi) is 6.17. The van der Waals surface area contributed by atoms with E-state index in [1.807, 2.05) is 44.2 Å². The first kappa shape index (κ1) is 24.2. The lowest BCUT2D eigenvalue weighted by atomic mass is 9.81. The molecule has 1 aliphatic rings. The number of carbonyl (C=O) groups is 2. The average Bonchev–Trinajstić information content (AvgIpc) is 2.94. The van der Waals surface area contributed by atoms with E-state index in [2.05, 4.69) is 20.8 Å². The summed E-state index contributed by atoms with van der Waals surface area (Å²) >= 11 is 6.13. The van der Waals surface area contributed by atoms with E-state index in [0.29, 0.717) is 21.8 Å². The van der Waals surface area contributed by atoms with E-state index in [9.17, 15) is 14.7 Å². The Balaban J connectivity index is 1.69. The second-order valence-electron chi connectivity index (χ2n) is 10.2. The summed E-state index contributed by atoms with van der Waals surface area (Å²) in [6.07, 6.45) is -0.314. The maximum atomic E-state index is 13.6. The summed E-state index contributed by atoms with van der Waals surface area (Å²) in [5.74, 6) is -0.741. The number of hydrogen-bond donors (Lipinski definition) is 1. The van der Waals surface area contributed by atoms with Crippen molar-refractivity contribution in [3.63, 3.8) is 0 Å². The summed E-state index contributed by atoms with van der Waals surface area (Å²) < 4.78 is 0. The minimum absolute atomic E-state index is 0.0451. The molecule has 0 radical (unpaired) electrons. The van der Waals surface area contributed by atoms with Crippen molar-refractivity contribution in [1.29, 1.82) is 0 Å².